The van der Waals surface area contributed by atoms with Crippen LogP contribution in [0.1, 0.15) is 42.5 Å². The summed E-state index contributed by atoms with van der Waals surface area (Å²) >= 11 is 7.67. The highest BCUT2D eigenvalue weighted by atomic mass is 35.5. The number of halogens is 1. The van der Waals surface area contributed by atoms with E-state index in [1.165, 1.54) is 11.1 Å². The van der Waals surface area contributed by atoms with Crippen molar-refractivity contribution in [3.05, 3.63) is 106 Å². The molecule has 6 heteroatoms. The van der Waals surface area contributed by atoms with Gasteiger partial charge in [-0.25, -0.2) is 0 Å². The number of benzene rings is 3. The fourth-order valence-electron chi connectivity index (χ4n) is 3.92. The summed E-state index contributed by atoms with van der Waals surface area (Å²) < 4.78 is 0. The quantitative estimate of drug-likeness (QED) is 0.298. The van der Waals surface area contributed by atoms with Crippen molar-refractivity contribution in [3.63, 3.8) is 0 Å². The molecule has 3 rings (SSSR count). The molecule has 0 saturated carbocycles. The number of hydrogen-bond donors (Lipinski definition) is 1. The summed E-state index contributed by atoms with van der Waals surface area (Å²) in [4.78, 5) is 28.9. The van der Waals surface area contributed by atoms with Crippen molar-refractivity contribution in [2.45, 2.75) is 58.0 Å². The van der Waals surface area contributed by atoms with Crippen LogP contribution in [0, 0.1) is 6.92 Å². The average molecular weight is 523 g/mol. The number of amides is 2. The van der Waals surface area contributed by atoms with Gasteiger partial charge < -0.3 is 10.2 Å². The summed E-state index contributed by atoms with van der Waals surface area (Å²) in [6.07, 6.45) is 1.27. The highest BCUT2D eigenvalue weighted by Gasteiger charge is 2.30. The van der Waals surface area contributed by atoms with Gasteiger partial charge in [0, 0.05) is 29.8 Å². The van der Waals surface area contributed by atoms with E-state index in [4.69, 9.17) is 11.6 Å². The van der Waals surface area contributed by atoms with E-state index in [0.29, 0.717) is 23.7 Å². The first-order chi connectivity index (χ1) is 17.4. The van der Waals surface area contributed by atoms with Gasteiger partial charge in [0.05, 0.1) is 5.75 Å². The highest BCUT2D eigenvalue weighted by Crippen LogP contribution is 2.20. The average Bonchev–Trinajstić information content (AvgIpc) is 2.87. The van der Waals surface area contributed by atoms with Gasteiger partial charge in [0.1, 0.15) is 6.04 Å². The van der Waals surface area contributed by atoms with Crippen molar-refractivity contribution in [1.29, 1.82) is 0 Å². The SMILES string of the molecule is CCC(C)NC(=O)C(Cc1ccccc1)N(Cc1ccc(Cl)cc1)C(=O)CSCc1cccc(C)c1. The van der Waals surface area contributed by atoms with Crippen LogP contribution in [0.4, 0.5) is 0 Å². The van der Waals surface area contributed by atoms with Crippen LogP contribution in [-0.4, -0.2) is 34.6 Å². The molecule has 0 radical (unpaired) electrons. The predicted octanol–water partition coefficient (Wildman–Crippen LogP) is 6.44. The Bertz CT molecular complexity index is 1120. The molecular weight excluding hydrogens is 488 g/mol. The van der Waals surface area contributed by atoms with E-state index in [9.17, 15) is 9.59 Å². The van der Waals surface area contributed by atoms with Gasteiger partial charge in [0.25, 0.3) is 0 Å². The van der Waals surface area contributed by atoms with E-state index in [1.807, 2.05) is 74.5 Å². The molecule has 4 nitrogen and oxygen atoms in total. The van der Waals surface area contributed by atoms with Gasteiger partial charge in [-0.05, 0) is 49.1 Å². The Balaban J connectivity index is 1.85. The fraction of sp³-hybridized carbons (Fsp3) is 0.333. The fourth-order valence-corrected chi connectivity index (χ4v) is 4.91. The zero-order chi connectivity index (χ0) is 25.9. The summed E-state index contributed by atoms with van der Waals surface area (Å²) in [6.45, 7) is 6.43. The number of thioether (sulfide) groups is 1. The molecule has 2 atom stereocenters. The van der Waals surface area contributed by atoms with Gasteiger partial charge in [-0.1, -0.05) is 90.8 Å². The minimum Gasteiger partial charge on any atom is -0.352 e. The lowest BCUT2D eigenvalue weighted by molar-refractivity contribution is -0.139. The number of nitrogens with one attached hydrogen (secondary N) is 1. The van der Waals surface area contributed by atoms with Crippen LogP contribution < -0.4 is 5.32 Å². The Hall–Kier alpha value is -2.76. The van der Waals surface area contributed by atoms with Crippen LogP contribution in [0.25, 0.3) is 0 Å². The molecule has 0 aliphatic heterocycles. The van der Waals surface area contributed by atoms with Crippen LogP contribution in [0.2, 0.25) is 5.02 Å². The minimum absolute atomic E-state index is 0.0268. The molecule has 0 bridgehead atoms. The second-order valence-corrected chi connectivity index (χ2v) is 10.6. The van der Waals surface area contributed by atoms with Crippen molar-refractivity contribution >= 4 is 35.2 Å². The standard InChI is InChI=1S/C30H35ClN2O2S/c1-4-23(3)32-30(35)28(18-24-10-6-5-7-11-24)33(19-25-13-15-27(31)16-14-25)29(34)21-36-20-26-12-8-9-22(2)17-26/h5-17,23,28H,4,18-21H2,1-3H3,(H,32,35). The van der Waals surface area contributed by atoms with Gasteiger partial charge in [0.15, 0.2) is 0 Å². The number of nitrogens with zero attached hydrogens (tertiary/aromatic N) is 1. The Morgan fingerprint density at radius 2 is 1.64 bits per heavy atom. The molecule has 36 heavy (non-hydrogen) atoms. The summed E-state index contributed by atoms with van der Waals surface area (Å²) in [7, 11) is 0. The van der Waals surface area contributed by atoms with Crippen LogP contribution >= 0.6 is 23.4 Å². The van der Waals surface area contributed by atoms with Crippen LogP contribution in [0.5, 0.6) is 0 Å². The third-order valence-electron chi connectivity index (χ3n) is 6.12. The number of rotatable bonds is 12. The predicted molar refractivity (Wildman–Crippen MR) is 151 cm³/mol. The van der Waals surface area contributed by atoms with Crippen molar-refractivity contribution in [2.24, 2.45) is 0 Å². The molecule has 0 aliphatic rings. The van der Waals surface area contributed by atoms with E-state index < -0.39 is 6.04 Å². The molecule has 0 aromatic heterocycles. The molecule has 190 valence electrons. The lowest BCUT2D eigenvalue weighted by atomic mass is 10.0. The maximum Gasteiger partial charge on any atom is 0.243 e. The van der Waals surface area contributed by atoms with Crippen molar-refractivity contribution in [1.82, 2.24) is 10.2 Å². The first-order valence-electron chi connectivity index (χ1n) is 12.4. The van der Waals surface area contributed by atoms with Gasteiger partial charge >= 0.3 is 0 Å². The van der Waals surface area contributed by atoms with Crippen LogP contribution in [0.3, 0.4) is 0 Å². The normalized spacial score (nSPS) is 12.6. The van der Waals surface area contributed by atoms with Crippen molar-refractivity contribution in [2.75, 3.05) is 5.75 Å². The van der Waals surface area contributed by atoms with Gasteiger partial charge in [0.2, 0.25) is 11.8 Å². The first kappa shape index (κ1) is 27.8. The third kappa shape index (κ3) is 8.72. The lowest BCUT2D eigenvalue weighted by Crippen LogP contribution is -2.52. The monoisotopic (exact) mass is 522 g/mol. The van der Waals surface area contributed by atoms with Gasteiger partial charge in [-0.3, -0.25) is 9.59 Å². The summed E-state index contributed by atoms with van der Waals surface area (Å²) in [5, 5.41) is 3.75. The van der Waals surface area contributed by atoms with E-state index in [2.05, 4.69) is 30.4 Å². The molecule has 2 unspecified atom stereocenters. The second-order valence-electron chi connectivity index (χ2n) is 9.15. The molecule has 0 saturated heterocycles. The summed E-state index contributed by atoms with van der Waals surface area (Å²) in [6, 6.07) is 25.1. The maximum atomic E-state index is 13.7. The lowest BCUT2D eigenvalue weighted by Gasteiger charge is -2.32. The van der Waals surface area contributed by atoms with Crippen molar-refractivity contribution in [3.8, 4) is 0 Å². The molecule has 0 spiro atoms. The Morgan fingerprint density at radius 1 is 0.944 bits per heavy atom. The zero-order valence-electron chi connectivity index (χ0n) is 21.2. The molecule has 3 aromatic carbocycles. The molecule has 0 fully saturated rings. The summed E-state index contributed by atoms with van der Waals surface area (Å²) in [5.74, 6) is 0.857. The molecule has 2 amide bonds. The van der Waals surface area contributed by atoms with Crippen LogP contribution in [-0.2, 0) is 28.3 Å². The minimum atomic E-state index is -0.621. The Labute approximate surface area is 224 Å². The van der Waals surface area contributed by atoms with Crippen LogP contribution in [0.15, 0.2) is 78.9 Å². The Kier molecular flexibility index (Phi) is 10.9. The number of hydrogen-bond acceptors (Lipinski definition) is 3. The van der Waals surface area contributed by atoms with E-state index >= 15 is 0 Å². The second kappa shape index (κ2) is 14.1. The molecule has 3 aromatic rings. The zero-order valence-corrected chi connectivity index (χ0v) is 22.8. The largest absolute Gasteiger partial charge is 0.352 e. The summed E-state index contributed by atoms with van der Waals surface area (Å²) in [5.41, 5.74) is 4.34. The van der Waals surface area contributed by atoms with Crippen molar-refractivity contribution < 1.29 is 9.59 Å². The maximum absolute atomic E-state index is 13.7. The van der Waals surface area contributed by atoms with Gasteiger partial charge in [-0.2, -0.15) is 0 Å². The number of carbonyl (C=O) groups excluding carboxylic acids is 2. The first-order valence-corrected chi connectivity index (χ1v) is 13.9. The highest BCUT2D eigenvalue weighted by molar-refractivity contribution is 7.99. The topological polar surface area (TPSA) is 49.4 Å². The van der Waals surface area contributed by atoms with E-state index in [-0.39, 0.29) is 17.9 Å². The molecule has 1 N–H and O–H groups in total. The van der Waals surface area contributed by atoms with E-state index in [1.54, 1.807) is 16.7 Å². The number of carbonyl (C=O) groups is 2. The Morgan fingerprint density at radius 3 is 2.31 bits per heavy atom. The molecular formula is C30H35ClN2O2S. The number of aryl methyl sites for hydroxylation is 1. The van der Waals surface area contributed by atoms with E-state index in [0.717, 1.165) is 23.3 Å². The molecule has 0 aliphatic carbocycles. The smallest absolute Gasteiger partial charge is 0.243 e. The third-order valence-corrected chi connectivity index (χ3v) is 7.36. The molecule has 0 heterocycles. The van der Waals surface area contributed by atoms with Gasteiger partial charge in [-0.15, -0.1) is 11.8 Å².